The van der Waals surface area contributed by atoms with Crippen molar-refractivity contribution in [1.82, 2.24) is 4.90 Å². The van der Waals surface area contributed by atoms with Crippen molar-refractivity contribution in [3.05, 3.63) is 39.8 Å². The van der Waals surface area contributed by atoms with Gasteiger partial charge in [-0.1, -0.05) is 20.8 Å². The van der Waals surface area contributed by atoms with Gasteiger partial charge in [-0.05, 0) is 66.8 Å². The van der Waals surface area contributed by atoms with E-state index in [0.717, 1.165) is 29.8 Å². The molecule has 1 saturated heterocycles. The molecule has 2 aromatic rings. The van der Waals surface area contributed by atoms with E-state index in [9.17, 15) is 10.1 Å². The monoisotopic (exact) mass is 509 g/mol. The van der Waals surface area contributed by atoms with Gasteiger partial charge in [-0.15, -0.1) is 11.3 Å². The van der Waals surface area contributed by atoms with Crippen LogP contribution in [0.3, 0.4) is 0 Å². The molecule has 0 radical (unpaired) electrons. The van der Waals surface area contributed by atoms with E-state index in [4.69, 9.17) is 19.2 Å². The Morgan fingerprint density at radius 1 is 1.28 bits per heavy atom. The highest BCUT2D eigenvalue weighted by Gasteiger charge is 2.32. The smallest absolute Gasteiger partial charge is 0.260 e. The van der Waals surface area contributed by atoms with Gasteiger partial charge in [0, 0.05) is 24.2 Å². The maximum Gasteiger partial charge on any atom is 0.260 e. The van der Waals surface area contributed by atoms with Crippen molar-refractivity contribution in [2.75, 3.05) is 39.5 Å². The highest BCUT2D eigenvalue weighted by Crippen LogP contribution is 2.45. The van der Waals surface area contributed by atoms with Gasteiger partial charge in [-0.3, -0.25) is 4.79 Å². The molecule has 7 nitrogen and oxygen atoms in total. The first-order chi connectivity index (χ1) is 17.3. The second kappa shape index (κ2) is 11.4. The third-order valence-electron chi connectivity index (χ3n) is 6.90. The highest BCUT2D eigenvalue weighted by atomic mass is 32.1. The lowest BCUT2D eigenvalue weighted by Gasteiger charge is -2.33. The summed E-state index contributed by atoms with van der Waals surface area (Å²) in [5, 5.41) is 10.6. The van der Waals surface area contributed by atoms with Gasteiger partial charge in [0.2, 0.25) is 0 Å². The molecule has 8 heteroatoms. The lowest BCUT2D eigenvalue weighted by atomic mass is 9.72. The van der Waals surface area contributed by atoms with Crippen LogP contribution in [0.25, 0.3) is 0 Å². The average molecular weight is 510 g/mol. The molecule has 0 saturated carbocycles. The molecule has 1 aromatic carbocycles. The van der Waals surface area contributed by atoms with Gasteiger partial charge in [0.25, 0.3) is 5.91 Å². The Morgan fingerprint density at radius 3 is 2.75 bits per heavy atom. The first-order valence-electron chi connectivity index (χ1n) is 12.6. The standard InChI is InChI=1S/C28H35N3O4S/c1-5-34-24-14-19(6-9-23(24)35-18-26(32)31-10-12-33-13-11-31)17-30-27-22(16-29)21-8-7-20(28(2,3)4)15-25(21)36-27/h6,9,14,17,20H,5,7-8,10-13,15,18H2,1-4H3/t20-/m1/s1. The van der Waals surface area contributed by atoms with Crippen molar-refractivity contribution in [3.63, 3.8) is 0 Å². The largest absolute Gasteiger partial charge is 0.490 e. The summed E-state index contributed by atoms with van der Waals surface area (Å²) in [7, 11) is 0. The van der Waals surface area contributed by atoms with E-state index in [1.807, 2.05) is 19.1 Å². The van der Waals surface area contributed by atoms with Gasteiger partial charge in [0.1, 0.15) is 11.1 Å². The summed E-state index contributed by atoms with van der Waals surface area (Å²) in [5.41, 5.74) is 2.99. The zero-order valence-corrected chi connectivity index (χ0v) is 22.5. The zero-order valence-electron chi connectivity index (χ0n) is 21.6. The van der Waals surface area contributed by atoms with Crippen molar-refractivity contribution in [2.24, 2.45) is 16.3 Å². The summed E-state index contributed by atoms with van der Waals surface area (Å²) in [6, 6.07) is 7.94. The molecule has 1 aliphatic heterocycles. The molecule has 2 heterocycles. The Bertz CT molecular complexity index is 1150. The van der Waals surface area contributed by atoms with E-state index < -0.39 is 0 Å². The Balaban J connectivity index is 1.48. The van der Waals surface area contributed by atoms with Gasteiger partial charge in [-0.2, -0.15) is 5.26 Å². The molecule has 1 fully saturated rings. The quantitative estimate of drug-likeness (QED) is 0.482. The van der Waals surface area contributed by atoms with Gasteiger partial charge < -0.3 is 19.1 Å². The number of hydrogen-bond donors (Lipinski definition) is 0. The maximum atomic E-state index is 12.4. The minimum absolute atomic E-state index is 0.0463. The number of hydrogen-bond acceptors (Lipinski definition) is 7. The number of rotatable bonds is 7. The minimum Gasteiger partial charge on any atom is -0.490 e. The lowest BCUT2D eigenvalue weighted by molar-refractivity contribution is -0.137. The summed E-state index contributed by atoms with van der Waals surface area (Å²) in [4.78, 5) is 20.2. The molecule has 1 atom stereocenters. The summed E-state index contributed by atoms with van der Waals surface area (Å²) in [6.45, 7) is 11.5. The van der Waals surface area contributed by atoms with Crippen LogP contribution < -0.4 is 9.47 Å². The molecule has 1 aliphatic carbocycles. The number of thiophene rings is 1. The summed E-state index contributed by atoms with van der Waals surface area (Å²) in [6.07, 6.45) is 4.83. The molecular formula is C28H35N3O4S. The average Bonchev–Trinajstić information content (AvgIpc) is 3.23. The topological polar surface area (TPSA) is 84.2 Å². The highest BCUT2D eigenvalue weighted by molar-refractivity contribution is 7.16. The maximum absolute atomic E-state index is 12.4. The first-order valence-corrected chi connectivity index (χ1v) is 13.5. The van der Waals surface area contributed by atoms with Gasteiger partial charge in [0.05, 0.1) is 25.4 Å². The van der Waals surface area contributed by atoms with Crippen LogP contribution in [0.2, 0.25) is 0 Å². The summed E-state index contributed by atoms with van der Waals surface area (Å²) < 4.78 is 16.9. The predicted octanol–water partition coefficient (Wildman–Crippen LogP) is 5.16. The number of aliphatic imine (C=N–C) groups is 1. The van der Waals surface area contributed by atoms with Crippen LogP contribution in [0, 0.1) is 22.7 Å². The molecule has 4 rings (SSSR count). The van der Waals surface area contributed by atoms with E-state index in [1.165, 1.54) is 10.4 Å². The van der Waals surface area contributed by atoms with Gasteiger partial charge >= 0.3 is 0 Å². The van der Waals surface area contributed by atoms with E-state index in [1.54, 1.807) is 28.5 Å². The SMILES string of the molecule is CCOc1cc(C=Nc2sc3c(c2C#N)CC[C@@H](C(C)(C)C)C3)ccc1OCC(=O)N1CCOCC1. The molecule has 0 unspecified atom stereocenters. The Labute approximate surface area is 217 Å². The molecule has 1 amide bonds. The van der Waals surface area contributed by atoms with E-state index in [2.05, 4.69) is 26.8 Å². The Morgan fingerprint density at radius 2 is 2.06 bits per heavy atom. The third-order valence-corrected chi connectivity index (χ3v) is 8.06. The number of fused-ring (bicyclic) bond motifs is 1. The van der Waals surface area contributed by atoms with Gasteiger partial charge in [0.15, 0.2) is 18.1 Å². The molecule has 2 aliphatic rings. The number of carbonyl (C=O) groups is 1. The number of ether oxygens (including phenoxy) is 3. The fourth-order valence-corrected chi connectivity index (χ4v) is 5.91. The molecule has 36 heavy (non-hydrogen) atoms. The molecule has 0 N–H and O–H groups in total. The first kappa shape index (κ1) is 26.2. The van der Waals surface area contributed by atoms with Crippen LogP contribution in [-0.2, 0) is 22.4 Å². The van der Waals surface area contributed by atoms with E-state index in [0.29, 0.717) is 55.9 Å². The predicted molar refractivity (Wildman–Crippen MR) is 142 cm³/mol. The normalized spacial score (nSPS) is 18.1. The van der Waals surface area contributed by atoms with Crippen LogP contribution in [0.4, 0.5) is 5.00 Å². The fourth-order valence-electron chi connectivity index (χ4n) is 4.69. The molecular weight excluding hydrogens is 474 g/mol. The fraction of sp³-hybridized carbons (Fsp3) is 0.536. The number of carbonyl (C=O) groups excluding carboxylic acids is 1. The van der Waals surface area contributed by atoms with Crippen LogP contribution in [0.5, 0.6) is 11.5 Å². The van der Waals surface area contributed by atoms with Crippen molar-refractivity contribution >= 4 is 28.5 Å². The Hall–Kier alpha value is -2.89. The van der Waals surface area contributed by atoms with Crippen molar-refractivity contribution in [2.45, 2.75) is 47.0 Å². The summed E-state index contributed by atoms with van der Waals surface area (Å²) in [5.74, 6) is 1.64. The van der Waals surface area contributed by atoms with E-state index >= 15 is 0 Å². The zero-order chi connectivity index (χ0) is 25.7. The number of morpholine rings is 1. The summed E-state index contributed by atoms with van der Waals surface area (Å²) >= 11 is 1.64. The van der Waals surface area contributed by atoms with E-state index in [-0.39, 0.29) is 17.9 Å². The molecule has 0 bridgehead atoms. The van der Waals surface area contributed by atoms with Crippen LogP contribution in [0.15, 0.2) is 23.2 Å². The van der Waals surface area contributed by atoms with Crippen molar-refractivity contribution < 1.29 is 19.0 Å². The molecule has 0 spiro atoms. The van der Waals surface area contributed by atoms with Crippen molar-refractivity contribution in [3.8, 4) is 17.6 Å². The third kappa shape index (κ3) is 6.08. The molecule has 192 valence electrons. The Kier molecular flexibility index (Phi) is 8.32. The number of nitriles is 1. The number of benzene rings is 1. The van der Waals surface area contributed by atoms with Crippen molar-refractivity contribution in [1.29, 1.82) is 5.26 Å². The lowest BCUT2D eigenvalue weighted by Crippen LogP contribution is -2.43. The number of amides is 1. The minimum atomic E-state index is -0.0641. The van der Waals surface area contributed by atoms with Gasteiger partial charge in [-0.25, -0.2) is 4.99 Å². The van der Waals surface area contributed by atoms with Crippen LogP contribution in [0.1, 0.15) is 55.7 Å². The van der Waals surface area contributed by atoms with Crippen LogP contribution in [-0.4, -0.2) is 56.5 Å². The second-order valence-electron chi connectivity index (χ2n) is 10.3. The molecule has 1 aromatic heterocycles. The second-order valence-corrected chi connectivity index (χ2v) is 11.4. The van der Waals surface area contributed by atoms with Crippen LogP contribution >= 0.6 is 11.3 Å². The number of nitrogens with zero attached hydrogens (tertiary/aromatic N) is 3.